The van der Waals surface area contributed by atoms with Crippen molar-refractivity contribution in [3.8, 4) is 0 Å². The number of rotatable bonds is 6. The molecule has 9 heteroatoms. The standard InChI is InChI=1S/C24H25N3O5S/c1-16-8-13-21(27(29)30)15-22(16)33(31,32)26-20-7-5-6-19(14-20)25-23(28)17-9-11-18(12-10-17)24(2,3)4/h5-15,26H,1-4H3,(H,25,28). The van der Waals surface area contributed by atoms with Gasteiger partial charge in [0.15, 0.2) is 0 Å². The van der Waals surface area contributed by atoms with Crippen LogP contribution in [0.15, 0.2) is 71.6 Å². The lowest BCUT2D eigenvalue weighted by Crippen LogP contribution is -2.16. The minimum Gasteiger partial charge on any atom is -0.322 e. The van der Waals surface area contributed by atoms with E-state index in [9.17, 15) is 23.3 Å². The van der Waals surface area contributed by atoms with E-state index in [4.69, 9.17) is 0 Å². The van der Waals surface area contributed by atoms with Gasteiger partial charge in [0, 0.05) is 23.4 Å². The first kappa shape index (κ1) is 23.9. The molecule has 0 aromatic heterocycles. The number of sulfonamides is 1. The summed E-state index contributed by atoms with van der Waals surface area (Å²) < 4.78 is 28.1. The number of carbonyl (C=O) groups is 1. The molecule has 0 saturated carbocycles. The Morgan fingerprint density at radius 1 is 0.939 bits per heavy atom. The Bertz CT molecular complexity index is 1310. The van der Waals surface area contributed by atoms with Crippen molar-refractivity contribution in [1.29, 1.82) is 0 Å². The molecular weight excluding hydrogens is 442 g/mol. The van der Waals surface area contributed by atoms with Crippen LogP contribution < -0.4 is 10.0 Å². The van der Waals surface area contributed by atoms with Gasteiger partial charge in [0.1, 0.15) is 0 Å². The molecule has 0 bridgehead atoms. The van der Waals surface area contributed by atoms with E-state index in [0.29, 0.717) is 16.8 Å². The van der Waals surface area contributed by atoms with Crippen LogP contribution in [0.2, 0.25) is 0 Å². The largest absolute Gasteiger partial charge is 0.322 e. The average molecular weight is 468 g/mol. The molecule has 3 aromatic rings. The monoisotopic (exact) mass is 467 g/mol. The summed E-state index contributed by atoms with van der Waals surface area (Å²) in [6.45, 7) is 7.82. The number of amides is 1. The Hall–Kier alpha value is -3.72. The van der Waals surface area contributed by atoms with Crippen molar-refractivity contribution in [1.82, 2.24) is 0 Å². The molecule has 0 spiro atoms. The van der Waals surface area contributed by atoms with Crippen LogP contribution in [0.1, 0.15) is 42.3 Å². The van der Waals surface area contributed by atoms with Gasteiger partial charge in [-0.05, 0) is 53.8 Å². The van der Waals surface area contributed by atoms with Crippen LogP contribution in [0, 0.1) is 17.0 Å². The summed E-state index contributed by atoms with van der Waals surface area (Å²) in [6, 6.07) is 17.2. The lowest BCUT2D eigenvalue weighted by Gasteiger charge is -2.19. The van der Waals surface area contributed by atoms with Gasteiger partial charge in [-0.25, -0.2) is 8.42 Å². The molecule has 1 amide bonds. The fourth-order valence-corrected chi connectivity index (χ4v) is 4.50. The van der Waals surface area contributed by atoms with E-state index in [1.807, 2.05) is 12.1 Å². The molecule has 0 saturated heterocycles. The minimum atomic E-state index is -4.08. The average Bonchev–Trinajstić information content (AvgIpc) is 2.73. The van der Waals surface area contributed by atoms with E-state index in [-0.39, 0.29) is 27.6 Å². The number of anilines is 2. The predicted octanol–water partition coefficient (Wildman–Crippen LogP) is 5.25. The third-order valence-corrected chi connectivity index (χ3v) is 6.58. The summed E-state index contributed by atoms with van der Waals surface area (Å²) in [5.41, 5.74) is 2.21. The zero-order valence-electron chi connectivity index (χ0n) is 18.7. The van der Waals surface area contributed by atoms with Crippen LogP contribution in [0.4, 0.5) is 17.1 Å². The second kappa shape index (κ2) is 9.03. The van der Waals surface area contributed by atoms with Gasteiger partial charge in [0.25, 0.3) is 21.6 Å². The van der Waals surface area contributed by atoms with Crippen LogP contribution in [-0.4, -0.2) is 19.2 Å². The molecule has 0 aliphatic carbocycles. The van der Waals surface area contributed by atoms with E-state index in [2.05, 4.69) is 30.8 Å². The highest BCUT2D eigenvalue weighted by Crippen LogP contribution is 2.26. The molecule has 0 heterocycles. The molecule has 172 valence electrons. The van der Waals surface area contributed by atoms with E-state index in [1.165, 1.54) is 24.3 Å². The molecule has 0 unspecified atom stereocenters. The number of nitro benzene ring substituents is 1. The number of carbonyl (C=O) groups excluding carboxylic acids is 1. The number of benzene rings is 3. The van der Waals surface area contributed by atoms with Crippen molar-refractivity contribution >= 4 is 33.0 Å². The van der Waals surface area contributed by atoms with Crippen LogP contribution in [0.3, 0.4) is 0 Å². The molecule has 0 aliphatic rings. The van der Waals surface area contributed by atoms with Gasteiger partial charge < -0.3 is 5.32 Å². The Kier molecular flexibility index (Phi) is 6.55. The Morgan fingerprint density at radius 3 is 2.18 bits per heavy atom. The first-order valence-corrected chi connectivity index (χ1v) is 11.6. The van der Waals surface area contributed by atoms with Gasteiger partial charge >= 0.3 is 0 Å². The maximum Gasteiger partial charge on any atom is 0.270 e. The number of nitrogens with one attached hydrogen (secondary N) is 2. The molecule has 33 heavy (non-hydrogen) atoms. The maximum atomic E-state index is 12.8. The zero-order valence-corrected chi connectivity index (χ0v) is 19.6. The normalized spacial score (nSPS) is 11.6. The van der Waals surface area contributed by atoms with Crippen LogP contribution >= 0.6 is 0 Å². The highest BCUT2D eigenvalue weighted by Gasteiger charge is 2.21. The molecular formula is C24H25N3O5S. The summed E-state index contributed by atoms with van der Waals surface area (Å²) in [5.74, 6) is -0.329. The summed E-state index contributed by atoms with van der Waals surface area (Å²) in [5, 5.41) is 13.8. The fraction of sp³-hybridized carbons (Fsp3) is 0.208. The Morgan fingerprint density at radius 2 is 1.58 bits per heavy atom. The molecule has 0 fully saturated rings. The molecule has 3 rings (SSSR count). The lowest BCUT2D eigenvalue weighted by atomic mass is 9.87. The van der Waals surface area contributed by atoms with Crippen molar-refractivity contribution in [3.05, 3.63) is 93.5 Å². The fourth-order valence-electron chi connectivity index (χ4n) is 3.19. The smallest absolute Gasteiger partial charge is 0.270 e. The van der Waals surface area contributed by atoms with E-state index < -0.39 is 14.9 Å². The van der Waals surface area contributed by atoms with Crippen LogP contribution in [-0.2, 0) is 15.4 Å². The number of nitro groups is 1. The summed E-state index contributed by atoms with van der Waals surface area (Å²) in [7, 11) is -4.08. The minimum absolute atomic E-state index is 0.0297. The van der Waals surface area contributed by atoms with Gasteiger partial charge in [0.2, 0.25) is 0 Å². The third-order valence-electron chi connectivity index (χ3n) is 5.06. The second-order valence-electron chi connectivity index (χ2n) is 8.67. The van der Waals surface area contributed by atoms with Gasteiger partial charge in [-0.2, -0.15) is 0 Å². The first-order chi connectivity index (χ1) is 15.4. The Labute approximate surface area is 192 Å². The van der Waals surface area contributed by atoms with Crippen molar-refractivity contribution < 1.29 is 18.1 Å². The molecule has 0 radical (unpaired) electrons. The number of nitrogens with zero attached hydrogens (tertiary/aromatic N) is 1. The van der Waals surface area contributed by atoms with Crippen molar-refractivity contribution in [2.75, 3.05) is 10.0 Å². The number of aryl methyl sites for hydroxylation is 1. The van der Waals surface area contributed by atoms with E-state index in [1.54, 1.807) is 31.2 Å². The summed E-state index contributed by atoms with van der Waals surface area (Å²) in [4.78, 5) is 22.8. The molecule has 0 atom stereocenters. The van der Waals surface area contributed by atoms with Gasteiger partial charge in [0.05, 0.1) is 15.5 Å². The lowest BCUT2D eigenvalue weighted by molar-refractivity contribution is -0.385. The van der Waals surface area contributed by atoms with Crippen LogP contribution in [0.25, 0.3) is 0 Å². The first-order valence-electron chi connectivity index (χ1n) is 10.2. The molecule has 2 N–H and O–H groups in total. The number of hydrogen-bond donors (Lipinski definition) is 2. The SMILES string of the molecule is Cc1ccc([N+](=O)[O-])cc1S(=O)(=O)Nc1cccc(NC(=O)c2ccc(C(C)(C)C)cc2)c1. The summed E-state index contributed by atoms with van der Waals surface area (Å²) in [6.07, 6.45) is 0. The topological polar surface area (TPSA) is 118 Å². The van der Waals surface area contributed by atoms with E-state index >= 15 is 0 Å². The molecule has 8 nitrogen and oxygen atoms in total. The maximum absolute atomic E-state index is 12.8. The second-order valence-corrected chi connectivity index (χ2v) is 10.3. The quantitative estimate of drug-likeness (QED) is 0.379. The van der Waals surface area contributed by atoms with Gasteiger partial charge in [-0.15, -0.1) is 0 Å². The molecule has 0 aliphatic heterocycles. The molecule has 3 aromatic carbocycles. The van der Waals surface area contributed by atoms with Crippen molar-refractivity contribution in [2.45, 2.75) is 38.0 Å². The van der Waals surface area contributed by atoms with Crippen molar-refractivity contribution in [3.63, 3.8) is 0 Å². The number of non-ortho nitro benzene ring substituents is 1. The highest BCUT2D eigenvalue weighted by atomic mass is 32.2. The third kappa shape index (κ3) is 5.75. The zero-order chi connectivity index (χ0) is 24.4. The highest BCUT2D eigenvalue weighted by molar-refractivity contribution is 7.92. The van der Waals surface area contributed by atoms with Gasteiger partial charge in [-0.1, -0.05) is 45.0 Å². The number of hydrogen-bond acceptors (Lipinski definition) is 5. The van der Waals surface area contributed by atoms with Crippen molar-refractivity contribution in [2.24, 2.45) is 0 Å². The van der Waals surface area contributed by atoms with Gasteiger partial charge in [-0.3, -0.25) is 19.6 Å². The predicted molar refractivity (Wildman–Crippen MR) is 128 cm³/mol. The Balaban J connectivity index is 1.79. The van der Waals surface area contributed by atoms with Crippen LogP contribution in [0.5, 0.6) is 0 Å². The summed E-state index contributed by atoms with van der Waals surface area (Å²) >= 11 is 0. The van der Waals surface area contributed by atoms with E-state index in [0.717, 1.165) is 11.6 Å².